The fraction of sp³-hybridized carbons (Fsp3) is 0.286. The van der Waals surface area contributed by atoms with Crippen molar-refractivity contribution < 1.29 is 9.21 Å². The Morgan fingerprint density at radius 1 is 1.14 bits per heavy atom. The third kappa shape index (κ3) is 5.98. The number of carbonyl (C=O) groups is 1. The molecule has 152 valence electrons. The predicted octanol–water partition coefficient (Wildman–Crippen LogP) is 5.71. The van der Waals surface area contributed by atoms with E-state index in [-0.39, 0.29) is 18.5 Å². The number of rotatable bonds is 8. The standard InChI is InChI=1S/C21H21Cl2N3O2S/c1-14(2)26(20(27)13-29-12-15-6-5-7-16(22)10-15)11-19-24-25-21(28-19)17-8-3-4-9-18(17)23/h3-10,14H,11-13H2,1-2H3. The molecule has 0 aliphatic heterocycles. The van der Waals surface area contributed by atoms with Crippen LogP contribution in [0.4, 0.5) is 0 Å². The SMILES string of the molecule is CC(C)N(Cc1nnc(-c2ccccc2Cl)o1)C(=O)CSCc1cccc(Cl)c1. The highest BCUT2D eigenvalue weighted by Gasteiger charge is 2.21. The van der Waals surface area contributed by atoms with E-state index in [0.29, 0.717) is 33.1 Å². The second-order valence-electron chi connectivity index (χ2n) is 6.72. The summed E-state index contributed by atoms with van der Waals surface area (Å²) >= 11 is 13.7. The van der Waals surface area contributed by atoms with Crippen LogP contribution in [0.3, 0.4) is 0 Å². The Hall–Kier alpha value is -2.02. The molecule has 5 nitrogen and oxygen atoms in total. The lowest BCUT2D eigenvalue weighted by Crippen LogP contribution is -2.37. The topological polar surface area (TPSA) is 59.2 Å². The van der Waals surface area contributed by atoms with Crippen molar-refractivity contribution in [3.8, 4) is 11.5 Å². The van der Waals surface area contributed by atoms with Gasteiger partial charge in [0, 0.05) is 16.8 Å². The van der Waals surface area contributed by atoms with Gasteiger partial charge in [0.05, 0.1) is 22.9 Å². The minimum absolute atomic E-state index is 0.00457. The number of halogens is 2. The second kappa shape index (κ2) is 10.1. The average molecular weight is 450 g/mol. The second-order valence-corrected chi connectivity index (χ2v) is 8.55. The molecule has 0 saturated heterocycles. The monoisotopic (exact) mass is 449 g/mol. The highest BCUT2D eigenvalue weighted by molar-refractivity contribution is 7.99. The third-order valence-electron chi connectivity index (χ3n) is 4.20. The number of aromatic nitrogens is 2. The van der Waals surface area contributed by atoms with Gasteiger partial charge in [0.15, 0.2) is 0 Å². The summed E-state index contributed by atoms with van der Waals surface area (Å²) < 4.78 is 5.75. The Kier molecular flexibility index (Phi) is 7.58. The number of benzene rings is 2. The molecule has 1 heterocycles. The van der Waals surface area contributed by atoms with Gasteiger partial charge in [0.25, 0.3) is 0 Å². The summed E-state index contributed by atoms with van der Waals surface area (Å²) in [5, 5.41) is 9.39. The van der Waals surface area contributed by atoms with Crippen LogP contribution >= 0.6 is 35.0 Å². The van der Waals surface area contributed by atoms with Gasteiger partial charge in [-0.15, -0.1) is 22.0 Å². The number of hydrogen-bond donors (Lipinski definition) is 0. The summed E-state index contributed by atoms with van der Waals surface area (Å²) in [4.78, 5) is 14.5. The summed E-state index contributed by atoms with van der Waals surface area (Å²) in [6, 6.07) is 14.9. The van der Waals surface area contributed by atoms with Crippen molar-refractivity contribution in [2.75, 3.05) is 5.75 Å². The van der Waals surface area contributed by atoms with Crippen LogP contribution in [-0.4, -0.2) is 32.8 Å². The Labute approximate surface area is 184 Å². The first-order valence-corrected chi connectivity index (χ1v) is 11.0. The van der Waals surface area contributed by atoms with Gasteiger partial charge >= 0.3 is 0 Å². The summed E-state index contributed by atoms with van der Waals surface area (Å²) in [7, 11) is 0. The fourth-order valence-electron chi connectivity index (χ4n) is 2.73. The third-order valence-corrected chi connectivity index (χ3v) is 5.76. The molecule has 2 aromatic carbocycles. The van der Waals surface area contributed by atoms with Crippen molar-refractivity contribution in [3.05, 3.63) is 70.0 Å². The minimum Gasteiger partial charge on any atom is -0.419 e. The molecular formula is C21H21Cl2N3O2S. The molecule has 3 rings (SSSR count). The molecule has 8 heteroatoms. The van der Waals surface area contributed by atoms with Gasteiger partial charge in [-0.25, -0.2) is 0 Å². The number of amides is 1. The molecule has 1 aromatic heterocycles. The van der Waals surface area contributed by atoms with Crippen molar-refractivity contribution in [2.45, 2.75) is 32.2 Å². The molecule has 0 saturated carbocycles. The number of thioether (sulfide) groups is 1. The van der Waals surface area contributed by atoms with Crippen LogP contribution < -0.4 is 0 Å². The predicted molar refractivity (Wildman–Crippen MR) is 118 cm³/mol. The molecule has 0 N–H and O–H groups in total. The summed E-state index contributed by atoms with van der Waals surface area (Å²) in [6.45, 7) is 4.18. The highest BCUT2D eigenvalue weighted by atomic mass is 35.5. The highest BCUT2D eigenvalue weighted by Crippen LogP contribution is 2.26. The first-order valence-electron chi connectivity index (χ1n) is 9.13. The van der Waals surface area contributed by atoms with E-state index in [0.717, 1.165) is 11.3 Å². The molecule has 0 fully saturated rings. The van der Waals surface area contributed by atoms with Crippen molar-refractivity contribution in [3.63, 3.8) is 0 Å². The fourth-order valence-corrected chi connectivity index (χ4v) is 4.02. The summed E-state index contributed by atoms with van der Waals surface area (Å²) in [5.74, 6) is 1.81. The zero-order valence-electron chi connectivity index (χ0n) is 16.1. The van der Waals surface area contributed by atoms with Crippen LogP contribution in [0, 0.1) is 0 Å². The summed E-state index contributed by atoms with van der Waals surface area (Å²) in [6.07, 6.45) is 0. The van der Waals surface area contributed by atoms with Crippen LogP contribution in [0.1, 0.15) is 25.3 Å². The van der Waals surface area contributed by atoms with E-state index in [1.165, 1.54) is 0 Å². The van der Waals surface area contributed by atoms with Gasteiger partial charge in [-0.2, -0.15) is 0 Å². The van der Waals surface area contributed by atoms with E-state index in [9.17, 15) is 4.79 Å². The van der Waals surface area contributed by atoms with Gasteiger partial charge < -0.3 is 9.32 Å². The van der Waals surface area contributed by atoms with Gasteiger partial charge in [-0.1, -0.05) is 47.5 Å². The minimum atomic E-state index is 0.00457. The lowest BCUT2D eigenvalue weighted by Gasteiger charge is -2.25. The van der Waals surface area contributed by atoms with Crippen LogP contribution in [0.15, 0.2) is 52.9 Å². The normalized spacial score (nSPS) is 11.1. The molecule has 0 unspecified atom stereocenters. The first kappa shape index (κ1) is 21.7. The maximum absolute atomic E-state index is 12.7. The number of carbonyl (C=O) groups excluding carboxylic acids is 1. The Bertz CT molecular complexity index is 978. The van der Waals surface area contributed by atoms with E-state index in [1.54, 1.807) is 22.7 Å². The molecule has 0 atom stereocenters. The molecule has 0 aliphatic rings. The first-order chi connectivity index (χ1) is 13.9. The molecule has 1 amide bonds. The number of hydrogen-bond acceptors (Lipinski definition) is 5. The van der Waals surface area contributed by atoms with Crippen molar-refractivity contribution in [2.24, 2.45) is 0 Å². The quantitative estimate of drug-likeness (QED) is 0.440. The molecule has 0 aliphatic carbocycles. The lowest BCUT2D eigenvalue weighted by molar-refractivity contribution is -0.131. The van der Waals surface area contributed by atoms with Crippen LogP contribution in [0.25, 0.3) is 11.5 Å². The number of nitrogens with zero attached hydrogens (tertiary/aromatic N) is 3. The molecular weight excluding hydrogens is 429 g/mol. The summed E-state index contributed by atoms with van der Waals surface area (Å²) in [5.41, 5.74) is 1.76. The van der Waals surface area contributed by atoms with E-state index in [2.05, 4.69) is 10.2 Å². The molecule has 3 aromatic rings. The maximum atomic E-state index is 12.7. The van der Waals surface area contributed by atoms with Crippen LogP contribution in [0.5, 0.6) is 0 Å². The Balaban J connectivity index is 1.61. The molecule has 29 heavy (non-hydrogen) atoms. The van der Waals surface area contributed by atoms with Crippen LogP contribution in [0.2, 0.25) is 10.0 Å². The van der Waals surface area contributed by atoms with E-state index < -0.39 is 0 Å². The lowest BCUT2D eigenvalue weighted by atomic mass is 10.2. The van der Waals surface area contributed by atoms with E-state index in [4.69, 9.17) is 27.6 Å². The maximum Gasteiger partial charge on any atom is 0.249 e. The van der Waals surface area contributed by atoms with Gasteiger partial charge in [0.1, 0.15) is 0 Å². The van der Waals surface area contributed by atoms with Crippen molar-refractivity contribution >= 4 is 40.9 Å². The van der Waals surface area contributed by atoms with Gasteiger partial charge in [-0.3, -0.25) is 4.79 Å². The smallest absolute Gasteiger partial charge is 0.249 e. The van der Waals surface area contributed by atoms with E-state index in [1.807, 2.05) is 56.3 Å². The van der Waals surface area contributed by atoms with Crippen LogP contribution in [-0.2, 0) is 17.1 Å². The molecule has 0 bridgehead atoms. The van der Waals surface area contributed by atoms with Crippen molar-refractivity contribution in [1.29, 1.82) is 0 Å². The Morgan fingerprint density at radius 3 is 2.66 bits per heavy atom. The Morgan fingerprint density at radius 2 is 1.93 bits per heavy atom. The zero-order valence-corrected chi connectivity index (χ0v) is 18.5. The molecule has 0 spiro atoms. The largest absolute Gasteiger partial charge is 0.419 e. The zero-order chi connectivity index (χ0) is 20.8. The van der Waals surface area contributed by atoms with E-state index >= 15 is 0 Å². The van der Waals surface area contributed by atoms with Gasteiger partial charge in [-0.05, 0) is 43.7 Å². The van der Waals surface area contributed by atoms with Crippen molar-refractivity contribution in [1.82, 2.24) is 15.1 Å². The average Bonchev–Trinajstić information content (AvgIpc) is 3.14. The van der Waals surface area contributed by atoms with Gasteiger partial charge in [0.2, 0.25) is 17.7 Å². The molecule has 0 radical (unpaired) electrons.